The van der Waals surface area contributed by atoms with Gasteiger partial charge in [-0.3, -0.25) is 0 Å². The van der Waals surface area contributed by atoms with Gasteiger partial charge < -0.3 is 24.7 Å². The molecule has 0 unspecified atom stereocenters. The van der Waals surface area contributed by atoms with Crippen LogP contribution in [0.1, 0.15) is 29.2 Å². The van der Waals surface area contributed by atoms with Crippen molar-refractivity contribution in [3.63, 3.8) is 0 Å². The molecule has 2 aromatic carbocycles. The van der Waals surface area contributed by atoms with Crippen LogP contribution in [0.5, 0.6) is 17.2 Å². The Morgan fingerprint density at radius 1 is 1.32 bits per heavy atom. The average Bonchev–Trinajstić information content (AvgIpc) is 3.10. The highest BCUT2D eigenvalue weighted by atomic mass is 35.5. The van der Waals surface area contributed by atoms with Crippen LogP contribution in [0.2, 0.25) is 5.02 Å². The van der Waals surface area contributed by atoms with E-state index >= 15 is 0 Å². The van der Waals surface area contributed by atoms with Crippen molar-refractivity contribution in [2.75, 3.05) is 13.9 Å². The number of phenolic OH excluding ortho intramolecular Hbond substituents is 1. The molecular weight excluding hydrogens is 344 g/mol. The number of rotatable bonds is 3. The molecule has 1 atom stereocenters. The lowest BCUT2D eigenvalue weighted by Crippen LogP contribution is -2.17. The lowest BCUT2D eigenvalue weighted by Gasteiger charge is -2.23. The zero-order chi connectivity index (χ0) is 17.4. The summed E-state index contributed by atoms with van der Waals surface area (Å²) in [6.45, 7) is 0.698. The minimum atomic E-state index is -0.0814. The number of methoxy groups -OCH3 is 1. The average molecular weight is 361 g/mol. The van der Waals surface area contributed by atoms with Crippen molar-refractivity contribution in [1.29, 1.82) is 0 Å². The Kier molecular flexibility index (Phi) is 4.15. The van der Waals surface area contributed by atoms with E-state index in [1.807, 2.05) is 12.1 Å². The molecule has 2 aliphatic rings. The highest BCUT2D eigenvalue weighted by Gasteiger charge is 2.28. The lowest BCUT2D eigenvalue weighted by atomic mass is 9.96. The normalized spacial score (nSPS) is 18.8. The second-order valence-electron chi connectivity index (χ2n) is 5.92. The first-order chi connectivity index (χ1) is 12.2. The summed E-state index contributed by atoms with van der Waals surface area (Å²) in [6.07, 6.45) is 0.608. The first-order valence-electron chi connectivity index (χ1n) is 7.88. The number of nitrogens with zero attached hydrogens (tertiary/aromatic N) is 1. The summed E-state index contributed by atoms with van der Waals surface area (Å²) in [6, 6.07) is 8.83. The Morgan fingerprint density at radius 3 is 3.00 bits per heavy atom. The number of phenols is 1. The fourth-order valence-electron chi connectivity index (χ4n) is 3.14. The molecule has 0 fully saturated rings. The van der Waals surface area contributed by atoms with Crippen LogP contribution in [0.25, 0.3) is 0 Å². The Labute approximate surface area is 150 Å². The van der Waals surface area contributed by atoms with Gasteiger partial charge in [-0.25, -0.2) is 0 Å². The predicted molar refractivity (Wildman–Crippen MR) is 93.4 cm³/mol. The molecule has 2 N–H and O–H groups in total. The van der Waals surface area contributed by atoms with Gasteiger partial charge in [0.15, 0.2) is 6.79 Å². The highest BCUT2D eigenvalue weighted by Crippen LogP contribution is 2.39. The van der Waals surface area contributed by atoms with Crippen molar-refractivity contribution in [2.24, 2.45) is 5.10 Å². The van der Waals surface area contributed by atoms with Crippen LogP contribution in [-0.4, -0.2) is 24.7 Å². The van der Waals surface area contributed by atoms with E-state index in [9.17, 15) is 5.11 Å². The molecule has 0 spiro atoms. The summed E-state index contributed by atoms with van der Waals surface area (Å²) < 4.78 is 16.1. The standard InChI is InChI=1S/C18H17ClN2O4/c1-23-12-2-3-13(17(22)6-12)15-7-16(21-20-15)14-5-11(19)4-10-8-24-9-25-18(10)14/h2-6,16,21-22H,7-9H2,1H3/t16-/m1/s1. The van der Waals surface area contributed by atoms with E-state index in [0.29, 0.717) is 29.4 Å². The Bertz CT molecular complexity index is 853. The fraction of sp³-hybridized carbons (Fsp3) is 0.278. The Hall–Kier alpha value is -2.44. The molecule has 7 heteroatoms. The number of ether oxygens (including phenoxy) is 3. The smallest absolute Gasteiger partial charge is 0.189 e. The van der Waals surface area contributed by atoms with E-state index in [2.05, 4.69) is 10.5 Å². The molecule has 0 saturated heterocycles. The summed E-state index contributed by atoms with van der Waals surface area (Å²) in [5.74, 6) is 1.53. The van der Waals surface area contributed by atoms with Crippen LogP contribution < -0.4 is 14.9 Å². The van der Waals surface area contributed by atoms with Crippen molar-refractivity contribution in [3.8, 4) is 17.2 Å². The molecule has 2 aliphatic heterocycles. The first kappa shape index (κ1) is 16.1. The van der Waals surface area contributed by atoms with Crippen LogP contribution in [0.4, 0.5) is 0 Å². The molecular formula is C18H17ClN2O4. The van der Waals surface area contributed by atoms with Gasteiger partial charge in [0.2, 0.25) is 0 Å². The largest absolute Gasteiger partial charge is 0.507 e. The molecule has 130 valence electrons. The SMILES string of the molecule is COc1ccc(C2=NN[C@@H](c3cc(Cl)cc4c3OCOC4)C2)c(O)c1. The zero-order valence-corrected chi connectivity index (χ0v) is 14.3. The topological polar surface area (TPSA) is 72.3 Å². The third kappa shape index (κ3) is 2.99. The number of nitrogens with one attached hydrogen (secondary N) is 1. The number of halogens is 1. The van der Waals surface area contributed by atoms with E-state index in [0.717, 1.165) is 22.6 Å². The van der Waals surface area contributed by atoms with Gasteiger partial charge in [-0.15, -0.1) is 0 Å². The lowest BCUT2D eigenvalue weighted by molar-refractivity contribution is -0.0173. The summed E-state index contributed by atoms with van der Waals surface area (Å²) in [7, 11) is 1.56. The van der Waals surface area contributed by atoms with Gasteiger partial charge in [-0.05, 0) is 24.3 Å². The van der Waals surface area contributed by atoms with Gasteiger partial charge in [0.05, 0.1) is 25.5 Å². The first-order valence-corrected chi connectivity index (χ1v) is 8.26. The number of hydrazone groups is 1. The van der Waals surface area contributed by atoms with Crippen LogP contribution in [-0.2, 0) is 11.3 Å². The van der Waals surface area contributed by atoms with Gasteiger partial charge in [0.1, 0.15) is 17.2 Å². The summed E-state index contributed by atoms with van der Waals surface area (Å²) in [5, 5.41) is 15.2. The third-order valence-corrected chi connectivity index (χ3v) is 4.57. The van der Waals surface area contributed by atoms with Gasteiger partial charge in [-0.2, -0.15) is 5.10 Å². The molecule has 0 saturated carbocycles. The van der Waals surface area contributed by atoms with Crippen molar-refractivity contribution >= 4 is 17.3 Å². The molecule has 0 aromatic heterocycles. The highest BCUT2D eigenvalue weighted by molar-refractivity contribution is 6.30. The van der Waals surface area contributed by atoms with Crippen LogP contribution in [0.15, 0.2) is 35.4 Å². The van der Waals surface area contributed by atoms with E-state index in [1.54, 1.807) is 25.3 Å². The molecule has 2 heterocycles. The van der Waals surface area contributed by atoms with Gasteiger partial charge in [-0.1, -0.05) is 11.6 Å². The van der Waals surface area contributed by atoms with E-state index in [-0.39, 0.29) is 18.6 Å². The minimum absolute atomic E-state index is 0.0814. The maximum atomic E-state index is 10.2. The van der Waals surface area contributed by atoms with E-state index in [4.69, 9.17) is 25.8 Å². The maximum Gasteiger partial charge on any atom is 0.189 e. The molecule has 25 heavy (non-hydrogen) atoms. The van der Waals surface area contributed by atoms with Crippen molar-refractivity contribution < 1.29 is 19.3 Å². The monoisotopic (exact) mass is 360 g/mol. The van der Waals surface area contributed by atoms with Crippen molar-refractivity contribution in [2.45, 2.75) is 19.1 Å². The molecule has 2 aromatic rings. The summed E-state index contributed by atoms with van der Waals surface area (Å²) in [4.78, 5) is 0. The number of aromatic hydroxyl groups is 1. The van der Waals surface area contributed by atoms with Gasteiger partial charge in [0.25, 0.3) is 0 Å². The molecule has 0 aliphatic carbocycles. The number of hydrogen-bond acceptors (Lipinski definition) is 6. The molecule has 0 radical (unpaired) electrons. The molecule has 4 rings (SSSR count). The maximum absolute atomic E-state index is 10.2. The van der Waals surface area contributed by atoms with Gasteiger partial charge in [0, 0.05) is 34.2 Å². The van der Waals surface area contributed by atoms with Crippen molar-refractivity contribution in [3.05, 3.63) is 52.0 Å². The molecule has 0 bridgehead atoms. The Morgan fingerprint density at radius 2 is 2.20 bits per heavy atom. The third-order valence-electron chi connectivity index (χ3n) is 4.35. The summed E-state index contributed by atoms with van der Waals surface area (Å²) in [5.41, 5.74) is 6.44. The molecule has 6 nitrogen and oxygen atoms in total. The quantitative estimate of drug-likeness (QED) is 0.878. The molecule has 0 amide bonds. The predicted octanol–water partition coefficient (Wildman–Crippen LogP) is 3.36. The number of benzene rings is 2. The zero-order valence-electron chi connectivity index (χ0n) is 13.6. The fourth-order valence-corrected chi connectivity index (χ4v) is 3.39. The Balaban J connectivity index is 1.61. The number of fused-ring (bicyclic) bond motifs is 1. The van der Waals surface area contributed by atoms with Crippen LogP contribution >= 0.6 is 11.6 Å². The summed E-state index contributed by atoms with van der Waals surface area (Å²) >= 11 is 6.24. The van der Waals surface area contributed by atoms with Crippen LogP contribution in [0, 0.1) is 0 Å². The van der Waals surface area contributed by atoms with Crippen LogP contribution in [0.3, 0.4) is 0 Å². The van der Waals surface area contributed by atoms with E-state index in [1.165, 1.54) is 0 Å². The second kappa shape index (κ2) is 6.46. The number of hydrogen-bond donors (Lipinski definition) is 2. The van der Waals surface area contributed by atoms with Gasteiger partial charge >= 0.3 is 0 Å². The van der Waals surface area contributed by atoms with E-state index < -0.39 is 0 Å². The van der Waals surface area contributed by atoms with Crippen molar-refractivity contribution in [1.82, 2.24) is 5.43 Å². The minimum Gasteiger partial charge on any atom is -0.507 e. The second-order valence-corrected chi connectivity index (χ2v) is 6.36.